The molecule has 0 aliphatic carbocycles. The van der Waals surface area contributed by atoms with Crippen LogP contribution in [0.4, 0.5) is 0 Å². The number of ether oxygens (including phenoxy) is 1. The summed E-state index contributed by atoms with van der Waals surface area (Å²) in [7, 11) is 1.33. The lowest BCUT2D eigenvalue weighted by Crippen LogP contribution is -2.58. The summed E-state index contributed by atoms with van der Waals surface area (Å²) in [6, 6.07) is 1.81. The highest BCUT2D eigenvalue weighted by atomic mass is 32.1. The molecule has 2 aliphatic rings. The lowest BCUT2D eigenvalue weighted by Gasteiger charge is -2.45. The number of hydrogen-bond donors (Lipinski definition) is 0. The third-order valence-electron chi connectivity index (χ3n) is 5.09. The molecule has 136 valence electrons. The van der Waals surface area contributed by atoms with Gasteiger partial charge in [-0.2, -0.15) is 11.3 Å². The molecule has 0 bridgehead atoms. The Morgan fingerprint density at radius 2 is 2.08 bits per heavy atom. The second-order valence-electron chi connectivity index (χ2n) is 6.29. The van der Waals surface area contributed by atoms with Crippen LogP contribution in [-0.2, 0) is 19.2 Å². The first-order valence-electron chi connectivity index (χ1n) is 8.38. The minimum atomic E-state index is -0.731. The molecule has 1 atom stereocenters. The number of rotatable bonds is 4. The molecule has 7 nitrogen and oxygen atoms in total. The van der Waals surface area contributed by atoms with Gasteiger partial charge in [0.25, 0.3) is 5.91 Å². The molecule has 2 aliphatic heterocycles. The van der Waals surface area contributed by atoms with Gasteiger partial charge in [0.2, 0.25) is 5.91 Å². The second-order valence-corrected chi connectivity index (χ2v) is 7.07. The number of carbonyl (C=O) groups excluding carboxylic acids is 3. The minimum absolute atomic E-state index is 0.0157. The molecule has 2 saturated heterocycles. The number of likely N-dealkylation sites (tertiary alicyclic amines) is 1. The Morgan fingerprint density at radius 1 is 1.36 bits per heavy atom. The summed E-state index contributed by atoms with van der Waals surface area (Å²) in [6.07, 6.45) is 1.08. The minimum Gasteiger partial charge on any atom is -0.469 e. The van der Waals surface area contributed by atoms with E-state index in [0.717, 1.165) is 0 Å². The zero-order valence-corrected chi connectivity index (χ0v) is 15.2. The molecular weight excluding hydrogens is 344 g/mol. The fourth-order valence-corrected chi connectivity index (χ4v) is 4.46. The van der Waals surface area contributed by atoms with Gasteiger partial charge < -0.3 is 9.64 Å². The van der Waals surface area contributed by atoms with Crippen molar-refractivity contribution in [2.24, 2.45) is 5.92 Å². The topological polar surface area (TPSA) is 76.2 Å². The SMILES string of the molecule is CCON1C(=O)CC(C(=O)OC)C12CCN(C(=O)c1ccsc1)CC2. The van der Waals surface area contributed by atoms with E-state index in [1.807, 2.05) is 17.7 Å². The lowest BCUT2D eigenvalue weighted by atomic mass is 9.77. The molecule has 0 radical (unpaired) electrons. The van der Waals surface area contributed by atoms with Gasteiger partial charge in [-0.1, -0.05) is 0 Å². The number of hydroxylamine groups is 2. The maximum Gasteiger partial charge on any atom is 0.311 e. The highest BCUT2D eigenvalue weighted by Crippen LogP contribution is 2.44. The van der Waals surface area contributed by atoms with Crippen LogP contribution in [0.2, 0.25) is 0 Å². The van der Waals surface area contributed by atoms with Crippen molar-refractivity contribution in [2.75, 3.05) is 26.8 Å². The van der Waals surface area contributed by atoms with Crippen molar-refractivity contribution in [1.82, 2.24) is 9.96 Å². The number of nitrogens with zero attached hydrogens (tertiary/aromatic N) is 2. The van der Waals surface area contributed by atoms with E-state index in [1.54, 1.807) is 11.0 Å². The molecule has 1 unspecified atom stereocenters. The van der Waals surface area contributed by atoms with Crippen molar-refractivity contribution in [1.29, 1.82) is 0 Å². The molecule has 1 aromatic rings. The van der Waals surface area contributed by atoms with Gasteiger partial charge >= 0.3 is 5.97 Å². The Morgan fingerprint density at radius 3 is 2.64 bits per heavy atom. The summed E-state index contributed by atoms with van der Waals surface area (Å²) in [4.78, 5) is 44.5. The summed E-state index contributed by atoms with van der Waals surface area (Å²) in [5.74, 6) is -1.17. The summed E-state index contributed by atoms with van der Waals surface area (Å²) in [6.45, 7) is 3.10. The monoisotopic (exact) mass is 366 g/mol. The number of thiophene rings is 1. The average molecular weight is 366 g/mol. The van der Waals surface area contributed by atoms with Gasteiger partial charge in [-0.3, -0.25) is 19.2 Å². The lowest BCUT2D eigenvalue weighted by molar-refractivity contribution is -0.220. The Kier molecular flexibility index (Phi) is 5.10. The second kappa shape index (κ2) is 7.13. The van der Waals surface area contributed by atoms with Crippen molar-refractivity contribution in [3.63, 3.8) is 0 Å². The van der Waals surface area contributed by atoms with Crippen LogP contribution < -0.4 is 0 Å². The zero-order valence-electron chi connectivity index (χ0n) is 14.4. The van der Waals surface area contributed by atoms with E-state index in [2.05, 4.69) is 0 Å². The average Bonchev–Trinajstić information content (AvgIpc) is 3.25. The highest BCUT2D eigenvalue weighted by molar-refractivity contribution is 7.08. The van der Waals surface area contributed by atoms with Gasteiger partial charge in [0.05, 0.1) is 30.7 Å². The molecule has 0 saturated carbocycles. The van der Waals surface area contributed by atoms with E-state index < -0.39 is 17.4 Å². The molecule has 3 heterocycles. The quantitative estimate of drug-likeness (QED) is 0.758. The maximum atomic E-state index is 12.5. The zero-order chi connectivity index (χ0) is 18.0. The molecule has 1 aromatic heterocycles. The van der Waals surface area contributed by atoms with Gasteiger partial charge in [-0.15, -0.1) is 0 Å². The Labute approximate surface area is 150 Å². The van der Waals surface area contributed by atoms with E-state index in [4.69, 9.17) is 9.57 Å². The van der Waals surface area contributed by atoms with Crippen molar-refractivity contribution in [3.8, 4) is 0 Å². The van der Waals surface area contributed by atoms with Crippen molar-refractivity contribution in [2.45, 2.75) is 31.7 Å². The summed E-state index contributed by atoms with van der Waals surface area (Å²) in [5, 5.41) is 5.08. The van der Waals surface area contributed by atoms with E-state index in [0.29, 0.717) is 38.1 Å². The van der Waals surface area contributed by atoms with Crippen LogP contribution in [0, 0.1) is 5.92 Å². The van der Waals surface area contributed by atoms with Crippen LogP contribution in [0.5, 0.6) is 0 Å². The van der Waals surface area contributed by atoms with Crippen LogP contribution in [-0.4, -0.2) is 60.1 Å². The molecule has 2 fully saturated rings. The van der Waals surface area contributed by atoms with Crippen molar-refractivity contribution >= 4 is 29.1 Å². The van der Waals surface area contributed by atoms with Crippen molar-refractivity contribution in [3.05, 3.63) is 22.4 Å². The number of carbonyl (C=O) groups is 3. The highest BCUT2D eigenvalue weighted by Gasteiger charge is 2.58. The van der Waals surface area contributed by atoms with Gasteiger partial charge in [0.1, 0.15) is 0 Å². The smallest absolute Gasteiger partial charge is 0.311 e. The van der Waals surface area contributed by atoms with Crippen LogP contribution in [0.15, 0.2) is 16.8 Å². The van der Waals surface area contributed by atoms with Crippen LogP contribution in [0.25, 0.3) is 0 Å². The number of amides is 2. The Hall–Kier alpha value is -1.93. The van der Waals surface area contributed by atoms with E-state index in [1.165, 1.54) is 23.5 Å². The first-order chi connectivity index (χ1) is 12.0. The number of hydrogen-bond acceptors (Lipinski definition) is 6. The van der Waals surface area contributed by atoms with E-state index >= 15 is 0 Å². The predicted octanol–water partition coefficient (Wildman–Crippen LogP) is 1.70. The molecule has 0 aromatic carbocycles. The maximum absolute atomic E-state index is 12.5. The summed E-state index contributed by atoms with van der Waals surface area (Å²) >= 11 is 1.48. The molecule has 1 spiro atoms. The molecule has 0 N–H and O–H groups in total. The molecule has 3 rings (SSSR count). The van der Waals surface area contributed by atoms with Crippen LogP contribution >= 0.6 is 11.3 Å². The third kappa shape index (κ3) is 3.04. The molecule has 2 amide bonds. The van der Waals surface area contributed by atoms with E-state index in [-0.39, 0.29) is 18.2 Å². The van der Waals surface area contributed by atoms with Gasteiger partial charge in [0.15, 0.2) is 0 Å². The van der Waals surface area contributed by atoms with Crippen molar-refractivity contribution < 1.29 is 24.0 Å². The standard InChI is InChI=1S/C17H22N2O5S/c1-3-24-19-14(20)10-13(16(22)23-2)17(19)5-7-18(8-6-17)15(21)12-4-9-25-11-12/h4,9,11,13H,3,5-8,10H2,1-2H3. The van der Waals surface area contributed by atoms with Crippen LogP contribution in [0.1, 0.15) is 36.5 Å². The first kappa shape index (κ1) is 17.9. The van der Waals surface area contributed by atoms with Gasteiger partial charge in [-0.05, 0) is 31.2 Å². The summed E-state index contributed by atoms with van der Waals surface area (Å²) < 4.78 is 4.92. The van der Waals surface area contributed by atoms with E-state index in [9.17, 15) is 14.4 Å². The molecule has 25 heavy (non-hydrogen) atoms. The molecule has 8 heteroatoms. The summed E-state index contributed by atoms with van der Waals surface area (Å²) in [5.41, 5.74) is -0.0550. The van der Waals surface area contributed by atoms with Gasteiger partial charge in [0, 0.05) is 24.9 Å². The number of esters is 1. The fraction of sp³-hybridized carbons (Fsp3) is 0.588. The third-order valence-corrected chi connectivity index (χ3v) is 5.77. The normalized spacial score (nSPS) is 22.5. The number of methoxy groups -OCH3 is 1. The molecular formula is C17H22N2O5S. The Bertz CT molecular complexity index is 652. The van der Waals surface area contributed by atoms with Gasteiger partial charge in [-0.25, -0.2) is 5.06 Å². The predicted molar refractivity (Wildman–Crippen MR) is 90.8 cm³/mol. The fourth-order valence-electron chi connectivity index (χ4n) is 3.83. The Balaban J connectivity index is 1.80. The van der Waals surface area contributed by atoms with Crippen LogP contribution in [0.3, 0.4) is 0 Å². The number of piperidine rings is 1. The largest absolute Gasteiger partial charge is 0.469 e. The first-order valence-corrected chi connectivity index (χ1v) is 9.33.